The van der Waals surface area contributed by atoms with Gasteiger partial charge in [0.15, 0.2) is 26.9 Å². The Morgan fingerprint density at radius 1 is 1.12 bits per heavy atom. The lowest BCUT2D eigenvalue weighted by molar-refractivity contribution is -0.116. The second-order valence-electron chi connectivity index (χ2n) is 7.06. The summed E-state index contributed by atoms with van der Waals surface area (Å²) < 4.78 is 54.3. The molecule has 0 spiro atoms. The van der Waals surface area contributed by atoms with Crippen molar-refractivity contribution in [1.29, 1.82) is 0 Å². The number of fused-ring (bicyclic) bond motifs is 1. The molecule has 0 aliphatic heterocycles. The van der Waals surface area contributed by atoms with Gasteiger partial charge in [0.2, 0.25) is 5.91 Å². The quantitative estimate of drug-likeness (QED) is 0.358. The number of rotatable bonds is 9. The molecule has 0 radical (unpaired) electrons. The number of anilines is 1. The molecule has 2 aromatic heterocycles. The maximum absolute atomic E-state index is 13.0. The van der Waals surface area contributed by atoms with Gasteiger partial charge in [0.1, 0.15) is 5.82 Å². The van der Waals surface area contributed by atoms with Gasteiger partial charge in [0, 0.05) is 11.8 Å². The molecule has 0 unspecified atom stereocenters. The predicted octanol–water partition coefficient (Wildman–Crippen LogP) is 4.21. The van der Waals surface area contributed by atoms with Crippen LogP contribution in [0.1, 0.15) is 19.8 Å². The van der Waals surface area contributed by atoms with Crippen LogP contribution in [0.15, 0.2) is 62.3 Å². The van der Waals surface area contributed by atoms with Crippen LogP contribution < -0.4 is 10.1 Å². The molecule has 0 atom stereocenters. The summed E-state index contributed by atoms with van der Waals surface area (Å²) in [5, 5.41) is 10.9. The summed E-state index contributed by atoms with van der Waals surface area (Å²) in [6.45, 7) is 2.35. The Hall–Kier alpha value is -3.73. The molecule has 0 saturated heterocycles. The van der Waals surface area contributed by atoms with Crippen molar-refractivity contribution in [1.82, 2.24) is 10.2 Å². The Labute approximate surface area is 188 Å². The minimum absolute atomic E-state index is 0.00387. The number of aromatic nitrogens is 2. The maximum atomic E-state index is 13.0. The minimum Gasteiger partial charge on any atom is -0.490 e. The molecule has 4 aromatic rings. The number of para-hydroxylation sites is 1. The number of carbonyl (C=O) groups is 1. The van der Waals surface area contributed by atoms with E-state index in [0.29, 0.717) is 23.7 Å². The zero-order valence-electron chi connectivity index (χ0n) is 17.6. The van der Waals surface area contributed by atoms with Crippen molar-refractivity contribution in [3.63, 3.8) is 0 Å². The third-order valence-electron chi connectivity index (χ3n) is 4.68. The lowest BCUT2D eigenvalue weighted by Crippen LogP contribution is -2.14. The summed E-state index contributed by atoms with van der Waals surface area (Å²) in [4.78, 5) is 12.2. The van der Waals surface area contributed by atoms with Gasteiger partial charge < -0.3 is 13.6 Å². The smallest absolute Gasteiger partial charge is 0.322 e. The molecule has 0 aliphatic carbocycles. The van der Waals surface area contributed by atoms with Gasteiger partial charge in [-0.05, 0) is 49.7 Å². The number of halogens is 1. The number of ether oxygens (including phenoxy) is 1. The maximum Gasteiger partial charge on any atom is 0.322 e. The average Bonchev–Trinajstić information content (AvgIpc) is 3.41. The molecule has 33 heavy (non-hydrogen) atoms. The third-order valence-corrected chi connectivity index (χ3v) is 6.50. The first-order chi connectivity index (χ1) is 15.9. The molecule has 172 valence electrons. The molecule has 0 saturated carbocycles. The van der Waals surface area contributed by atoms with E-state index >= 15 is 0 Å². The number of nitrogens with zero attached hydrogens (tertiary/aromatic N) is 2. The van der Waals surface area contributed by atoms with E-state index in [1.807, 2.05) is 19.1 Å². The second kappa shape index (κ2) is 9.41. The summed E-state index contributed by atoms with van der Waals surface area (Å²) >= 11 is 0. The topological polar surface area (TPSA) is 125 Å². The molecule has 2 heterocycles. The van der Waals surface area contributed by atoms with Gasteiger partial charge in [0.25, 0.3) is 5.89 Å². The van der Waals surface area contributed by atoms with Gasteiger partial charge in [-0.1, -0.05) is 17.2 Å². The van der Waals surface area contributed by atoms with Gasteiger partial charge >= 0.3 is 6.01 Å². The number of carbonyl (C=O) groups excluding carboxylic acids is 1. The number of nitrogens with one attached hydrogen (secondary N) is 1. The molecule has 2 aromatic carbocycles. The first-order valence-electron chi connectivity index (χ1n) is 10.1. The summed E-state index contributed by atoms with van der Waals surface area (Å²) in [7, 11) is -3.62. The fourth-order valence-electron chi connectivity index (χ4n) is 3.15. The van der Waals surface area contributed by atoms with Crippen molar-refractivity contribution >= 4 is 32.7 Å². The Balaban J connectivity index is 1.36. The molecular weight excluding hydrogens is 453 g/mol. The van der Waals surface area contributed by atoms with Crippen molar-refractivity contribution in [2.24, 2.45) is 0 Å². The SMILES string of the molecule is CCOc1cccc2cc(-c3nnc(NC(=O)CCCS(=O)(=O)c4ccc(F)cc4)o3)oc12. The van der Waals surface area contributed by atoms with Crippen LogP contribution in [0.2, 0.25) is 0 Å². The van der Waals surface area contributed by atoms with E-state index in [0.717, 1.165) is 17.5 Å². The lowest BCUT2D eigenvalue weighted by atomic mass is 10.2. The minimum atomic E-state index is -3.62. The van der Waals surface area contributed by atoms with Crippen molar-refractivity contribution in [3.8, 4) is 17.4 Å². The van der Waals surface area contributed by atoms with Crippen LogP contribution in [0.4, 0.5) is 10.4 Å². The number of hydrogen-bond acceptors (Lipinski definition) is 8. The van der Waals surface area contributed by atoms with Gasteiger partial charge in [-0.2, -0.15) is 0 Å². The summed E-state index contributed by atoms with van der Waals surface area (Å²) in [6, 6.07) is 11.6. The fourth-order valence-corrected chi connectivity index (χ4v) is 4.46. The summed E-state index contributed by atoms with van der Waals surface area (Å²) in [5.41, 5.74) is 0.542. The number of furan rings is 1. The molecule has 1 amide bonds. The van der Waals surface area contributed by atoms with Gasteiger partial charge in [0.05, 0.1) is 17.3 Å². The monoisotopic (exact) mass is 473 g/mol. The highest BCUT2D eigenvalue weighted by Gasteiger charge is 2.18. The molecule has 11 heteroatoms. The third kappa shape index (κ3) is 5.20. The Morgan fingerprint density at radius 3 is 2.67 bits per heavy atom. The van der Waals surface area contributed by atoms with Crippen LogP contribution in [-0.2, 0) is 14.6 Å². The van der Waals surface area contributed by atoms with E-state index in [2.05, 4.69) is 15.5 Å². The van der Waals surface area contributed by atoms with E-state index in [4.69, 9.17) is 13.6 Å². The second-order valence-corrected chi connectivity index (χ2v) is 9.16. The highest BCUT2D eigenvalue weighted by molar-refractivity contribution is 7.91. The van der Waals surface area contributed by atoms with Crippen LogP contribution in [0.5, 0.6) is 5.75 Å². The number of benzene rings is 2. The molecule has 9 nitrogen and oxygen atoms in total. The van der Waals surface area contributed by atoms with Crippen LogP contribution in [0, 0.1) is 5.82 Å². The summed E-state index contributed by atoms with van der Waals surface area (Å²) in [5.74, 6) is -0.293. The van der Waals surface area contributed by atoms with Crippen molar-refractivity contribution in [2.45, 2.75) is 24.7 Å². The van der Waals surface area contributed by atoms with Gasteiger partial charge in [-0.15, -0.1) is 5.10 Å². The fraction of sp³-hybridized carbons (Fsp3) is 0.227. The molecule has 0 aliphatic rings. The van der Waals surface area contributed by atoms with Crippen LogP contribution in [0.25, 0.3) is 22.6 Å². The van der Waals surface area contributed by atoms with Crippen LogP contribution in [-0.4, -0.2) is 36.9 Å². The molecule has 4 rings (SSSR count). The van der Waals surface area contributed by atoms with E-state index in [-0.39, 0.29) is 35.4 Å². The first-order valence-corrected chi connectivity index (χ1v) is 11.8. The standard InChI is InChI=1S/C22H20FN3O6S/c1-2-30-17-6-3-5-14-13-18(31-20(14)17)21-25-26-22(32-21)24-19(27)7-4-12-33(28,29)16-10-8-15(23)9-11-16/h3,5-6,8-11,13H,2,4,7,12H2,1H3,(H,24,26,27). The molecule has 1 N–H and O–H groups in total. The largest absolute Gasteiger partial charge is 0.490 e. The normalized spacial score (nSPS) is 11.6. The van der Waals surface area contributed by atoms with Crippen LogP contribution in [0.3, 0.4) is 0 Å². The Morgan fingerprint density at radius 2 is 1.91 bits per heavy atom. The van der Waals surface area contributed by atoms with Crippen LogP contribution >= 0.6 is 0 Å². The van der Waals surface area contributed by atoms with Crippen molar-refractivity contribution in [3.05, 3.63) is 54.3 Å². The molecule has 0 fully saturated rings. The summed E-state index contributed by atoms with van der Waals surface area (Å²) in [6.07, 6.45) is -0.0171. The van der Waals surface area contributed by atoms with Gasteiger partial charge in [-0.3, -0.25) is 10.1 Å². The highest BCUT2D eigenvalue weighted by Crippen LogP contribution is 2.33. The molecule has 0 bridgehead atoms. The number of amides is 1. The van der Waals surface area contributed by atoms with Crippen molar-refractivity contribution in [2.75, 3.05) is 17.7 Å². The Bertz CT molecular complexity index is 1380. The Kier molecular flexibility index (Phi) is 6.40. The zero-order chi connectivity index (χ0) is 23.4. The first kappa shape index (κ1) is 22.5. The lowest BCUT2D eigenvalue weighted by Gasteiger charge is -2.04. The van der Waals surface area contributed by atoms with E-state index in [1.54, 1.807) is 12.1 Å². The zero-order valence-corrected chi connectivity index (χ0v) is 18.4. The highest BCUT2D eigenvalue weighted by atomic mass is 32.2. The van der Waals surface area contributed by atoms with Crippen molar-refractivity contribution < 1.29 is 31.2 Å². The van der Waals surface area contributed by atoms with E-state index < -0.39 is 21.6 Å². The predicted molar refractivity (Wildman–Crippen MR) is 117 cm³/mol. The molecular formula is C22H20FN3O6S. The van der Waals surface area contributed by atoms with Gasteiger partial charge in [-0.25, -0.2) is 12.8 Å². The number of sulfone groups is 1. The average molecular weight is 473 g/mol. The number of hydrogen-bond donors (Lipinski definition) is 1. The van der Waals surface area contributed by atoms with E-state index in [1.165, 1.54) is 12.1 Å². The van der Waals surface area contributed by atoms with E-state index in [9.17, 15) is 17.6 Å².